The number of alkyl halides is 6. The molecule has 1 atom stereocenters. The largest absolute Gasteiger partial charge is 0.416 e. The lowest BCUT2D eigenvalue weighted by atomic mass is 9.92. The summed E-state index contributed by atoms with van der Waals surface area (Å²) in [7, 11) is -0.462. The van der Waals surface area contributed by atoms with Crippen LogP contribution in [0, 0.1) is 40.6 Å². The molecule has 0 amide bonds. The summed E-state index contributed by atoms with van der Waals surface area (Å²) < 4.78 is 79.2. The Bertz CT molecular complexity index is 5600. The summed E-state index contributed by atoms with van der Waals surface area (Å²) >= 11 is 0. The summed E-state index contributed by atoms with van der Waals surface area (Å²) in [6.07, 6.45) is -3.14. The standard InChI is InChI=1S/C41H24F3N3.C24H16F3NO.C19H15N2OP.2H2O/c1-46-40-36-11-5-4-10-34(36)38(26-45)35-24-17-28(25-37(35)40)14-13-27-15-20-31(21-16-27)47(32-22-18-30(19-23-32)41(42,43)44)39-12-6-8-29-7-2-3-9-33(29)39;25-24(26,27)19-10-14-21(15-11-19)28(20-12-8-17(16-29)9-13-20)23-7-3-5-18-4-1-2-6-22(18)23;1-23(12-22)11-13-6-7-16-17(8-13)19(10-21)15-5-3-2-4-14(15)18(16)9-20;;/h2-25H;1-16H;2-8,22H,11-12H2,1H3;2*1H2. The molecule has 0 fully saturated rings. The third kappa shape index (κ3) is 15.0. The fraction of sp³-hybridized carbons (Fsp3) is 0.0595. The van der Waals surface area contributed by atoms with E-state index >= 15 is 0 Å². The van der Waals surface area contributed by atoms with Gasteiger partial charge in [0.05, 0.1) is 52.1 Å². The number of aliphatic hydroxyl groups is 1. The number of hydrogen-bond acceptors (Lipinski definition) is 7. The van der Waals surface area contributed by atoms with Crippen LogP contribution in [0.25, 0.3) is 81.6 Å². The SMILES string of the molecule is CP(CO)Cc1ccc2c(C#N)c3ccccc3c(C#N)c2c1.O.O.O=Cc1ccc(N(c2ccc(C(F)(F)F)cc2)c2cccc3ccccc23)cc1.[C-]#[N+]c1c2ccccc2c(C#N)c2ccc(C=Cc3ccc(N(c4ccc(C(F)(F)F)cc4)c4cccc5ccccc45)cc3)cc12. The number of fused-ring (bicyclic) bond motifs is 6. The maximum atomic E-state index is 13.4. The normalized spacial score (nSPS) is 11.4. The van der Waals surface area contributed by atoms with Crippen LogP contribution < -0.4 is 9.80 Å². The smallest absolute Gasteiger partial charge is 0.412 e. The number of halogens is 6. The van der Waals surface area contributed by atoms with Crippen LogP contribution >= 0.6 is 7.92 Å². The first-order chi connectivity index (χ1) is 48.0. The van der Waals surface area contributed by atoms with E-state index in [1.54, 1.807) is 24.3 Å². The fourth-order valence-electron chi connectivity index (χ4n) is 12.3. The highest BCUT2D eigenvalue weighted by atomic mass is 31.1. The van der Waals surface area contributed by atoms with Crippen LogP contribution in [0.4, 0.5) is 66.2 Å². The van der Waals surface area contributed by atoms with E-state index in [-0.39, 0.29) is 17.3 Å². The lowest BCUT2D eigenvalue weighted by Gasteiger charge is -2.27. The van der Waals surface area contributed by atoms with Crippen LogP contribution in [-0.2, 0) is 18.5 Å². The van der Waals surface area contributed by atoms with Gasteiger partial charge in [-0.1, -0.05) is 184 Å². The van der Waals surface area contributed by atoms with Crippen LogP contribution in [0.2, 0.25) is 0 Å². The van der Waals surface area contributed by atoms with Gasteiger partial charge in [0.15, 0.2) is 0 Å². The molecule has 0 aliphatic rings. The molecule has 14 rings (SSSR count). The van der Waals surface area contributed by atoms with Crippen molar-refractivity contribution in [3.8, 4) is 18.2 Å². The Labute approximate surface area is 578 Å². The summed E-state index contributed by atoms with van der Waals surface area (Å²) in [5.74, 6) is 0. The van der Waals surface area contributed by atoms with Crippen molar-refractivity contribution in [2.24, 2.45) is 0 Å². The van der Waals surface area contributed by atoms with Crippen molar-refractivity contribution in [1.82, 2.24) is 0 Å². The van der Waals surface area contributed by atoms with Gasteiger partial charge in [-0.05, 0) is 165 Å². The molecule has 101 heavy (non-hydrogen) atoms. The first-order valence-electron chi connectivity index (χ1n) is 31.1. The van der Waals surface area contributed by atoms with Crippen molar-refractivity contribution >= 4 is 131 Å². The average molecular weight is 1360 g/mol. The number of anilines is 6. The van der Waals surface area contributed by atoms with Gasteiger partial charge in [-0.2, -0.15) is 42.1 Å². The minimum Gasteiger partial charge on any atom is -0.412 e. The molecule has 0 heterocycles. The highest BCUT2D eigenvalue weighted by molar-refractivity contribution is 7.55. The molecule has 0 spiro atoms. The zero-order chi connectivity index (χ0) is 69.4. The molecule has 0 aliphatic carbocycles. The average Bonchev–Trinajstić information content (AvgIpc) is 0.766. The van der Waals surface area contributed by atoms with Gasteiger partial charge >= 0.3 is 12.4 Å². The second-order valence-electron chi connectivity index (χ2n) is 23.2. The molecule has 0 radical (unpaired) electrons. The first-order valence-corrected chi connectivity index (χ1v) is 33.2. The second-order valence-corrected chi connectivity index (χ2v) is 25.6. The molecular weight excluding hydrogens is 1300 g/mol. The number of carbonyl (C=O) groups excluding carboxylic acids is 1. The van der Waals surface area contributed by atoms with Gasteiger partial charge in [-0.3, -0.25) is 4.79 Å². The number of aliphatic hydroxyl groups excluding tert-OH is 1. The Hall–Kier alpha value is -12.5. The predicted molar refractivity (Wildman–Crippen MR) is 396 cm³/mol. The van der Waals surface area contributed by atoms with E-state index < -0.39 is 31.4 Å². The molecule has 14 aromatic carbocycles. The van der Waals surface area contributed by atoms with Crippen LogP contribution in [0.3, 0.4) is 0 Å². The van der Waals surface area contributed by atoms with E-state index in [4.69, 9.17) is 6.57 Å². The van der Waals surface area contributed by atoms with Crippen molar-refractivity contribution < 1.29 is 47.2 Å². The molecule has 17 heteroatoms. The van der Waals surface area contributed by atoms with Gasteiger partial charge in [-0.15, -0.1) is 0 Å². The van der Waals surface area contributed by atoms with E-state index in [9.17, 15) is 52.0 Å². The first kappa shape index (κ1) is 71.3. The van der Waals surface area contributed by atoms with Gasteiger partial charge < -0.3 is 25.9 Å². The third-order valence-electron chi connectivity index (χ3n) is 17.1. The molecule has 5 N–H and O–H groups in total. The Balaban J connectivity index is 0.000000175. The molecular formula is C84H59F6N6O4P. The molecule has 0 aliphatic heterocycles. The van der Waals surface area contributed by atoms with E-state index in [0.717, 1.165) is 141 Å². The van der Waals surface area contributed by atoms with Crippen LogP contribution in [-0.4, -0.2) is 35.4 Å². The topological polar surface area (TPSA) is 183 Å². The Morgan fingerprint density at radius 1 is 0.426 bits per heavy atom. The second kappa shape index (κ2) is 30.9. The molecule has 0 saturated carbocycles. The summed E-state index contributed by atoms with van der Waals surface area (Å²) in [4.78, 5) is 18.7. The lowest BCUT2D eigenvalue weighted by Crippen LogP contribution is -2.11. The lowest BCUT2D eigenvalue weighted by molar-refractivity contribution is -0.138. The third-order valence-corrected chi connectivity index (χ3v) is 18.5. The maximum Gasteiger partial charge on any atom is 0.416 e. The van der Waals surface area contributed by atoms with Crippen LogP contribution in [0.15, 0.2) is 267 Å². The van der Waals surface area contributed by atoms with E-state index in [0.29, 0.717) is 39.3 Å². The highest BCUT2D eigenvalue weighted by Gasteiger charge is 2.32. The van der Waals surface area contributed by atoms with Gasteiger partial charge in [0, 0.05) is 60.6 Å². The van der Waals surface area contributed by atoms with Crippen LogP contribution in [0.1, 0.15) is 54.9 Å². The minimum absolute atomic E-state index is 0. The molecule has 10 nitrogen and oxygen atoms in total. The quantitative estimate of drug-likeness (QED) is 0.0315. The van der Waals surface area contributed by atoms with Crippen LogP contribution in [0.5, 0.6) is 0 Å². The predicted octanol–water partition coefficient (Wildman–Crippen LogP) is 22.0. The number of hydrogen-bond donors (Lipinski definition) is 1. The summed E-state index contributed by atoms with van der Waals surface area (Å²) in [5.41, 5.74) is 8.73. The summed E-state index contributed by atoms with van der Waals surface area (Å²) in [6.45, 7) is 9.92. The van der Waals surface area contributed by atoms with Gasteiger partial charge in [-0.25, -0.2) is 4.85 Å². The summed E-state index contributed by atoms with van der Waals surface area (Å²) in [6, 6.07) is 86.1. The van der Waals surface area contributed by atoms with E-state index in [1.807, 2.05) is 223 Å². The highest BCUT2D eigenvalue weighted by Crippen LogP contribution is 2.45. The van der Waals surface area contributed by atoms with Crippen molar-refractivity contribution in [3.63, 3.8) is 0 Å². The van der Waals surface area contributed by atoms with Gasteiger partial charge in [0.2, 0.25) is 5.69 Å². The zero-order valence-corrected chi connectivity index (χ0v) is 54.7. The summed E-state index contributed by atoms with van der Waals surface area (Å²) in [5, 5.41) is 48.7. The number of benzene rings is 14. The maximum absolute atomic E-state index is 13.4. The molecule has 0 aromatic heterocycles. The number of rotatable bonds is 12. The Kier molecular flexibility index (Phi) is 21.8. The van der Waals surface area contributed by atoms with Crippen molar-refractivity contribution in [2.45, 2.75) is 18.5 Å². The zero-order valence-electron chi connectivity index (χ0n) is 53.8. The van der Waals surface area contributed by atoms with Gasteiger partial charge in [0.1, 0.15) is 24.5 Å². The van der Waals surface area contributed by atoms with Crippen molar-refractivity contribution in [3.05, 3.63) is 328 Å². The molecule has 14 aromatic rings. The number of aldehydes is 1. The molecule has 1 unspecified atom stereocenters. The molecule has 496 valence electrons. The van der Waals surface area contributed by atoms with Gasteiger partial charge in [0.25, 0.3) is 0 Å². The fourth-order valence-corrected chi connectivity index (χ4v) is 13.3. The number of nitriles is 3. The van der Waals surface area contributed by atoms with E-state index in [1.165, 1.54) is 24.3 Å². The van der Waals surface area contributed by atoms with Crippen molar-refractivity contribution in [1.29, 1.82) is 15.8 Å². The monoisotopic (exact) mass is 1360 g/mol. The molecule has 0 saturated heterocycles. The molecule has 0 bridgehead atoms. The number of nitrogens with zero attached hydrogens (tertiary/aromatic N) is 6. The van der Waals surface area contributed by atoms with Crippen molar-refractivity contribution in [2.75, 3.05) is 22.8 Å². The van der Waals surface area contributed by atoms with E-state index in [2.05, 4.69) is 23.1 Å². The Morgan fingerprint density at radius 3 is 1.22 bits per heavy atom. The minimum atomic E-state index is -4.43. The number of carbonyl (C=O) groups is 1. The Morgan fingerprint density at radius 2 is 0.782 bits per heavy atom.